The molecular weight excluding hydrogens is 286 g/mol. The zero-order valence-corrected chi connectivity index (χ0v) is 13.2. The number of halogens is 1. The number of nitrogens with zero attached hydrogens (tertiary/aromatic N) is 1. The minimum atomic E-state index is -0.126. The zero-order chi connectivity index (χ0) is 14.5. The van der Waals surface area contributed by atoms with Crippen LogP contribution in [0.2, 0.25) is 0 Å². The summed E-state index contributed by atoms with van der Waals surface area (Å²) in [7, 11) is 1.80. The highest BCUT2D eigenvalue weighted by Gasteiger charge is 2.07. The summed E-state index contributed by atoms with van der Waals surface area (Å²) in [5.41, 5.74) is 2.55. The van der Waals surface area contributed by atoms with Gasteiger partial charge in [0.05, 0.1) is 11.9 Å². The summed E-state index contributed by atoms with van der Waals surface area (Å²) in [5, 5.41) is 5.76. The molecule has 2 aromatic rings. The van der Waals surface area contributed by atoms with Gasteiger partial charge in [-0.15, -0.1) is 12.4 Å². The van der Waals surface area contributed by atoms with E-state index in [4.69, 9.17) is 0 Å². The minimum absolute atomic E-state index is 0. The maximum absolute atomic E-state index is 12.1. The molecule has 0 aliphatic carbocycles. The van der Waals surface area contributed by atoms with Gasteiger partial charge in [-0.1, -0.05) is 26.0 Å². The smallest absolute Gasteiger partial charge is 0.255 e. The summed E-state index contributed by atoms with van der Waals surface area (Å²) in [6, 6.07) is 11.3. The molecule has 0 fully saturated rings. The van der Waals surface area contributed by atoms with Crippen molar-refractivity contribution in [2.45, 2.75) is 19.8 Å². The van der Waals surface area contributed by atoms with Crippen molar-refractivity contribution in [2.75, 3.05) is 17.7 Å². The molecule has 2 rings (SSSR count). The van der Waals surface area contributed by atoms with E-state index in [-0.39, 0.29) is 18.3 Å². The molecule has 0 bridgehead atoms. The Morgan fingerprint density at radius 2 is 1.76 bits per heavy atom. The summed E-state index contributed by atoms with van der Waals surface area (Å²) < 4.78 is 0. The molecule has 1 amide bonds. The maximum Gasteiger partial charge on any atom is 0.255 e. The third-order valence-electron chi connectivity index (χ3n) is 3.12. The number of carbonyl (C=O) groups excluding carboxylic acids is 1. The molecule has 1 heterocycles. The van der Waals surface area contributed by atoms with E-state index >= 15 is 0 Å². The summed E-state index contributed by atoms with van der Waals surface area (Å²) in [6.45, 7) is 4.26. The molecule has 2 N–H and O–H groups in total. The highest BCUT2D eigenvalue weighted by atomic mass is 35.5. The van der Waals surface area contributed by atoms with Gasteiger partial charge < -0.3 is 10.6 Å². The number of anilines is 2. The van der Waals surface area contributed by atoms with Gasteiger partial charge in [0.15, 0.2) is 0 Å². The van der Waals surface area contributed by atoms with E-state index in [0.29, 0.717) is 17.2 Å². The van der Waals surface area contributed by atoms with Crippen molar-refractivity contribution in [2.24, 2.45) is 0 Å². The van der Waals surface area contributed by atoms with Crippen LogP contribution >= 0.6 is 12.4 Å². The Kier molecular flexibility index (Phi) is 6.18. The van der Waals surface area contributed by atoms with Crippen LogP contribution < -0.4 is 10.6 Å². The molecule has 1 aromatic carbocycles. The van der Waals surface area contributed by atoms with E-state index in [1.165, 1.54) is 5.56 Å². The second kappa shape index (κ2) is 7.64. The van der Waals surface area contributed by atoms with Crippen LogP contribution in [0.15, 0.2) is 42.6 Å². The third-order valence-corrected chi connectivity index (χ3v) is 3.12. The number of amides is 1. The second-order valence-corrected chi connectivity index (χ2v) is 4.91. The standard InChI is InChI=1S/C16H19N3O.ClH/c1-11(2)12-4-6-13(7-5-12)16(20)19-14-8-9-15(17-3)18-10-14;/h4-11H,1-3H3,(H,17,18)(H,19,20);1H. The van der Waals surface area contributed by atoms with Crippen molar-refractivity contribution in [3.8, 4) is 0 Å². The molecule has 0 aliphatic rings. The summed E-state index contributed by atoms with van der Waals surface area (Å²) in [6.07, 6.45) is 1.63. The van der Waals surface area contributed by atoms with Gasteiger partial charge in [0, 0.05) is 12.6 Å². The fraction of sp³-hybridized carbons (Fsp3) is 0.250. The van der Waals surface area contributed by atoms with Crippen LogP contribution in [0.4, 0.5) is 11.5 Å². The van der Waals surface area contributed by atoms with Crippen LogP contribution in [0.1, 0.15) is 35.7 Å². The van der Waals surface area contributed by atoms with Crippen molar-refractivity contribution in [3.05, 3.63) is 53.7 Å². The molecule has 4 nitrogen and oxygen atoms in total. The average molecular weight is 306 g/mol. The topological polar surface area (TPSA) is 54.0 Å². The Morgan fingerprint density at radius 1 is 1.10 bits per heavy atom. The highest BCUT2D eigenvalue weighted by Crippen LogP contribution is 2.16. The molecule has 0 atom stereocenters. The molecule has 112 valence electrons. The minimum Gasteiger partial charge on any atom is -0.373 e. The lowest BCUT2D eigenvalue weighted by molar-refractivity contribution is 0.102. The molecule has 21 heavy (non-hydrogen) atoms. The predicted octanol–water partition coefficient (Wildman–Crippen LogP) is 3.92. The first kappa shape index (κ1) is 17.0. The number of pyridine rings is 1. The average Bonchev–Trinajstić information content (AvgIpc) is 2.48. The molecule has 0 aliphatic heterocycles. The van der Waals surface area contributed by atoms with Crippen molar-refractivity contribution in [3.63, 3.8) is 0 Å². The number of benzene rings is 1. The molecule has 0 saturated carbocycles. The summed E-state index contributed by atoms with van der Waals surface area (Å²) >= 11 is 0. The first-order valence-electron chi connectivity index (χ1n) is 6.65. The van der Waals surface area contributed by atoms with Crippen LogP contribution in [-0.2, 0) is 0 Å². The van der Waals surface area contributed by atoms with Crippen LogP contribution in [0.5, 0.6) is 0 Å². The van der Waals surface area contributed by atoms with Gasteiger partial charge in [0.25, 0.3) is 5.91 Å². The number of aromatic nitrogens is 1. The van der Waals surface area contributed by atoms with Crippen LogP contribution in [-0.4, -0.2) is 17.9 Å². The van der Waals surface area contributed by atoms with Gasteiger partial charge in [-0.25, -0.2) is 4.98 Å². The number of hydrogen-bond acceptors (Lipinski definition) is 3. The first-order chi connectivity index (χ1) is 9.60. The lowest BCUT2D eigenvalue weighted by Crippen LogP contribution is -2.12. The monoisotopic (exact) mass is 305 g/mol. The molecule has 0 radical (unpaired) electrons. The first-order valence-corrected chi connectivity index (χ1v) is 6.65. The maximum atomic E-state index is 12.1. The highest BCUT2D eigenvalue weighted by molar-refractivity contribution is 6.04. The van der Waals surface area contributed by atoms with Crippen molar-refractivity contribution >= 4 is 29.8 Å². The van der Waals surface area contributed by atoms with Crippen molar-refractivity contribution in [1.82, 2.24) is 4.98 Å². The van der Waals surface area contributed by atoms with Gasteiger partial charge in [0.2, 0.25) is 0 Å². The number of nitrogens with one attached hydrogen (secondary N) is 2. The van der Waals surface area contributed by atoms with Crippen LogP contribution in [0, 0.1) is 0 Å². The molecule has 5 heteroatoms. The Morgan fingerprint density at radius 3 is 2.24 bits per heavy atom. The fourth-order valence-corrected chi connectivity index (χ4v) is 1.84. The van der Waals surface area contributed by atoms with Crippen molar-refractivity contribution in [1.29, 1.82) is 0 Å². The van der Waals surface area contributed by atoms with Gasteiger partial charge in [-0.05, 0) is 35.7 Å². The number of rotatable bonds is 4. The lowest BCUT2D eigenvalue weighted by atomic mass is 10.0. The molecule has 0 spiro atoms. The van der Waals surface area contributed by atoms with E-state index in [0.717, 1.165) is 5.82 Å². The quantitative estimate of drug-likeness (QED) is 0.900. The van der Waals surface area contributed by atoms with E-state index in [1.807, 2.05) is 36.4 Å². The fourth-order valence-electron chi connectivity index (χ4n) is 1.84. The Bertz CT molecular complexity index is 579. The normalized spacial score (nSPS) is 9.90. The van der Waals surface area contributed by atoms with E-state index in [1.54, 1.807) is 13.2 Å². The van der Waals surface area contributed by atoms with E-state index < -0.39 is 0 Å². The molecule has 1 aromatic heterocycles. The predicted molar refractivity (Wildman–Crippen MR) is 89.5 cm³/mol. The van der Waals surface area contributed by atoms with E-state index in [2.05, 4.69) is 29.5 Å². The summed E-state index contributed by atoms with van der Waals surface area (Å²) in [4.78, 5) is 16.3. The van der Waals surface area contributed by atoms with Gasteiger partial charge >= 0.3 is 0 Å². The Hall–Kier alpha value is -2.07. The van der Waals surface area contributed by atoms with Gasteiger partial charge in [-0.2, -0.15) is 0 Å². The van der Waals surface area contributed by atoms with E-state index in [9.17, 15) is 4.79 Å². The molecule has 0 saturated heterocycles. The number of hydrogen-bond donors (Lipinski definition) is 2. The second-order valence-electron chi connectivity index (χ2n) is 4.91. The summed E-state index contributed by atoms with van der Waals surface area (Å²) in [5.74, 6) is 1.11. The largest absolute Gasteiger partial charge is 0.373 e. The SMILES string of the molecule is CNc1ccc(NC(=O)c2ccc(C(C)C)cc2)cn1.Cl. The molecule has 0 unspecified atom stereocenters. The van der Waals surface area contributed by atoms with Gasteiger partial charge in [0.1, 0.15) is 5.82 Å². The zero-order valence-electron chi connectivity index (χ0n) is 12.4. The number of carbonyl (C=O) groups is 1. The van der Waals surface area contributed by atoms with Gasteiger partial charge in [-0.3, -0.25) is 4.79 Å². The van der Waals surface area contributed by atoms with Crippen molar-refractivity contribution < 1.29 is 4.79 Å². The Labute approximate surface area is 131 Å². The lowest BCUT2D eigenvalue weighted by Gasteiger charge is -2.08. The molecular formula is C16H20ClN3O. The van der Waals surface area contributed by atoms with Crippen LogP contribution in [0.25, 0.3) is 0 Å². The van der Waals surface area contributed by atoms with Crippen LogP contribution in [0.3, 0.4) is 0 Å². The third kappa shape index (κ3) is 4.46. The Balaban J connectivity index is 0.00000220.